The lowest BCUT2D eigenvalue weighted by atomic mass is 10.1. The summed E-state index contributed by atoms with van der Waals surface area (Å²) in [6, 6.07) is 4.75. The lowest BCUT2D eigenvalue weighted by Crippen LogP contribution is -2.20. The highest BCUT2D eigenvalue weighted by Crippen LogP contribution is 2.16. The van der Waals surface area contributed by atoms with Crippen LogP contribution in [0.1, 0.15) is 32.3 Å². The van der Waals surface area contributed by atoms with Gasteiger partial charge in [0.05, 0.1) is 0 Å². The molecule has 96 valence electrons. The third-order valence-corrected chi connectivity index (χ3v) is 2.85. The number of unbranched alkanes of at least 4 members (excludes halogenated alkanes) is 1. The summed E-state index contributed by atoms with van der Waals surface area (Å²) in [5, 5.41) is 3.99. The van der Waals surface area contributed by atoms with Crippen molar-refractivity contribution >= 4 is 11.6 Å². The van der Waals surface area contributed by atoms with Crippen LogP contribution in [0.4, 0.5) is 4.39 Å². The second-order valence-corrected chi connectivity index (χ2v) is 5.23. The molecule has 1 rings (SSSR count). The van der Waals surface area contributed by atoms with E-state index in [9.17, 15) is 4.39 Å². The Morgan fingerprint density at radius 2 is 2.06 bits per heavy atom. The molecule has 0 amide bonds. The third-order valence-electron chi connectivity index (χ3n) is 2.61. The molecule has 0 bridgehead atoms. The van der Waals surface area contributed by atoms with Gasteiger partial charge >= 0.3 is 0 Å². The Morgan fingerprint density at radius 1 is 1.29 bits per heavy atom. The van der Waals surface area contributed by atoms with Crippen LogP contribution in [-0.2, 0) is 6.42 Å². The van der Waals surface area contributed by atoms with Gasteiger partial charge in [-0.1, -0.05) is 25.4 Å². The van der Waals surface area contributed by atoms with Crippen LogP contribution in [-0.4, -0.2) is 13.1 Å². The number of hydrogen-bond acceptors (Lipinski definition) is 1. The highest BCUT2D eigenvalue weighted by molar-refractivity contribution is 6.30. The van der Waals surface area contributed by atoms with Crippen LogP contribution in [0.5, 0.6) is 0 Å². The third kappa shape index (κ3) is 6.04. The Kier molecular flexibility index (Phi) is 6.53. The van der Waals surface area contributed by atoms with Crippen molar-refractivity contribution in [3.63, 3.8) is 0 Å². The van der Waals surface area contributed by atoms with E-state index in [1.807, 2.05) is 0 Å². The van der Waals surface area contributed by atoms with Gasteiger partial charge < -0.3 is 5.32 Å². The second kappa shape index (κ2) is 7.67. The van der Waals surface area contributed by atoms with E-state index in [4.69, 9.17) is 11.6 Å². The molecule has 0 radical (unpaired) electrons. The largest absolute Gasteiger partial charge is 0.316 e. The fourth-order valence-electron chi connectivity index (χ4n) is 1.69. The Morgan fingerprint density at radius 3 is 2.76 bits per heavy atom. The minimum absolute atomic E-state index is 0.149. The topological polar surface area (TPSA) is 12.0 Å². The Balaban J connectivity index is 2.20. The molecule has 0 aliphatic carbocycles. The SMILES string of the molecule is CC(C)CNCCCCc1cc(Cl)ccc1F. The molecule has 3 heteroatoms. The monoisotopic (exact) mass is 257 g/mol. The number of aryl methyl sites for hydroxylation is 1. The molecule has 0 saturated heterocycles. The zero-order valence-electron chi connectivity index (χ0n) is 10.6. The Hall–Kier alpha value is -0.600. The van der Waals surface area contributed by atoms with Crippen LogP contribution < -0.4 is 5.32 Å². The van der Waals surface area contributed by atoms with Crippen molar-refractivity contribution < 1.29 is 4.39 Å². The number of nitrogens with one attached hydrogen (secondary N) is 1. The summed E-state index contributed by atoms with van der Waals surface area (Å²) in [7, 11) is 0. The van der Waals surface area contributed by atoms with Crippen molar-refractivity contribution in [2.24, 2.45) is 5.92 Å². The maximum atomic E-state index is 13.4. The summed E-state index contributed by atoms with van der Waals surface area (Å²) >= 11 is 5.84. The van der Waals surface area contributed by atoms with E-state index in [1.165, 1.54) is 6.07 Å². The summed E-state index contributed by atoms with van der Waals surface area (Å²) in [5.74, 6) is 0.532. The molecular formula is C14H21ClFN. The zero-order chi connectivity index (χ0) is 12.7. The van der Waals surface area contributed by atoms with Gasteiger partial charge in [-0.25, -0.2) is 4.39 Å². The van der Waals surface area contributed by atoms with Gasteiger partial charge in [0.25, 0.3) is 0 Å². The van der Waals surface area contributed by atoms with Gasteiger partial charge in [-0.3, -0.25) is 0 Å². The Labute approximate surface area is 108 Å². The van der Waals surface area contributed by atoms with E-state index in [1.54, 1.807) is 12.1 Å². The number of benzene rings is 1. The number of hydrogen-bond donors (Lipinski definition) is 1. The molecule has 0 atom stereocenters. The fourth-order valence-corrected chi connectivity index (χ4v) is 1.89. The van der Waals surface area contributed by atoms with Crippen molar-refractivity contribution in [3.05, 3.63) is 34.6 Å². The van der Waals surface area contributed by atoms with Crippen molar-refractivity contribution in [2.45, 2.75) is 33.1 Å². The maximum Gasteiger partial charge on any atom is 0.126 e. The van der Waals surface area contributed by atoms with E-state index in [0.29, 0.717) is 10.9 Å². The molecule has 1 aromatic carbocycles. The minimum atomic E-state index is -0.149. The molecular weight excluding hydrogens is 237 g/mol. The molecule has 0 unspecified atom stereocenters. The highest BCUT2D eigenvalue weighted by atomic mass is 35.5. The molecule has 0 fully saturated rings. The predicted octanol–water partition coefficient (Wildman–Crippen LogP) is 4.05. The van der Waals surface area contributed by atoms with Gasteiger partial charge in [0.15, 0.2) is 0 Å². The smallest absolute Gasteiger partial charge is 0.126 e. The molecule has 1 nitrogen and oxygen atoms in total. The maximum absolute atomic E-state index is 13.4. The molecule has 0 aliphatic heterocycles. The van der Waals surface area contributed by atoms with E-state index < -0.39 is 0 Å². The lowest BCUT2D eigenvalue weighted by Gasteiger charge is -2.07. The van der Waals surface area contributed by atoms with Gasteiger partial charge in [-0.15, -0.1) is 0 Å². The summed E-state index contributed by atoms with van der Waals surface area (Å²) in [4.78, 5) is 0. The second-order valence-electron chi connectivity index (χ2n) is 4.79. The summed E-state index contributed by atoms with van der Waals surface area (Å²) in [5.41, 5.74) is 0.723. The summed E-state index contributed by atoms with van der Waals surface area (Å²) in [6.07, 6.45) is 2.82. The van der Waals surface area contributed by atoms with Gasteiger partial charge in [-0.05, 0) is 62.0 Å². The van der Waals surface area contributed by atoms with Crippen LogP contribution in [0.25, 0.3) is 0 Å². The van der Waals surface area contributed by atoms with Gasteiger partial charge in [0.2, 0.25) is 0 Å². The first-order valence-corrected chi connectivity index (χ1v) is 6.62. The first-order valence-electron chi connectivity index (χ1n) is 6.24. The quantitative estimate of drug-likeness (QED) is 0.727. The lowest BCUT2D eigenvalue weighted by molar-refractivity contribution is 0.532. The Bertz CT molecular complexity index is 339. The molecule has 17 heavy (non-hydrogen) atoms. The first kappa shape index (κ1) is 14.5. The van der Waals surface area contributed by atoms with Gasteiger partial charge in [-0.2, -0.15) is 0 Å². The molecule has 0 aliphatic rings. The average molecular weight is 258 g/mol. The zero-order valence-corrected chi connectivity index (χ0v) is 11.4. The molecule has 0 aromatic heterocycles. The molecule has 1 N–H and O–H groups in total. The van der Waals surface area contributed by atoms with Crippen LogP contribution >= 0.6 is 11.6 Å². The van der Waals surface area contributed by atoms with Crippen molar-refractivity contribution in [1.82, 2.24) is 5.32 Å². The van der Waals surface area contributed by atoms with Crippen LogP contribution in [0.15, 0.2) is 18.2 Å². The standard InChI is InChI=1S/C14H21ClFN/c1-11(2)10-17-8-4-3-5-12-9-13(15)6-7-14(12)16/h6-7,9,11,17H,3-5,8,10H2,1-2H3. The average Bonchev–Trinajstić information content (AvgIpc) is 2.27. The van der Waals surface area contributed by atoms with Crippen LogP contribution in [0.3, 0.4) is 0 Å². The number of rotatable bonds is 7. The minimum Gasteiger partial charge on any atom is -0.316 e. The van der Waals surface area contributed by atoms with E-state index in [0.717, 1.165) is 37.9 Å². The highest BCUT2D eigenvalue weighted by Gasteiger charge is 2.02. The fraction of sp³-hybridized carbons (Fsp3) is 0.571. The predicted molar refractivity (Wildman–Crippen MR) is 72.1 cm³/mol. The summed E-state index contributed by atoms with van der Waals surface area (Å²) < 4.78 is 13.4. The van der Waals surface area contributed by atoms with Crippen LogP contribution in [0.2, 0.25) is 5.02 Å². The van der Waals surface area contributed by atoms with Crippen molar-refractivity contribution in [1.29, 1.82) is 0 Å². The van der Waals surface area contributed by atoms with Crippen molar-refractivity contribution in [2.75, 3.05) is 13.1 Å². The van der Waals surface area contributed by atoms with E-state index >= 15 is 0 Å². The van der Waals surface area contributed by atoms with E-state index in [-0.39, 0.29) is 5.82 Å². The summed E-state index contributed by atoms with van der Waals surface area (Å²) in [6.45, 7) is 6.43. The van der Waals surface area contributed by atoms with Gasteiger partial charge in [0.1, 0.15) is 5.82 Å². The van der Waals surface area contributed by atoms with Gasteiger partial charge in [0, 0.05) is 5.02 Å². The first-order chi connectivity index (χ1) is 8.09. The van der Waals surface area contributed by atoms with E-state index in [2.05, 4.69) is 19.2 Å². The van der Waals surface area contributed by atoms with Crippen molar-refractivity contribution in [3.8, 4) is 0 Å². The molecule has 0 saturated carbocycles. The molecule has 0 spiro atoms. The molecule has 1 aromatic rings. The number of halogens is 2. The van der Waals surface area contributed by atoms with Crippen LogP contribution in [0, 0.1) is 11.7 Å². The molecule has 0 heterocycles. The normalized spacial score (nSPS) is 11.1.